The standard InChI is InChI=1S/C28H32N6O.H2/c1-32-9-3-4-20(7-12-32)27(35)25-18-31-34-13-8-21(15-26(25)34)24-17-30-28-23(24)14-22(16-29-28)19-5-10-33(2)11-6-19;/h5,8,13-18,20H,3-4,6-7,9-12H2,1-2H3,(H,29,30);1H. The second-order valence-electron chi connectivity index (χ2n) is 10.2. The first kappa shape index (κ1) is 22.2. The highest BCUT2D eigenvalue weighted by Crippen LogP contribution is 2.33. The zero-order valence-electron chi connectivity index (χ0n) is 20.5. The van der Waals surface area contributed by atoms with E-state index in [4.69, 9.17) is 4.98 Å². The van der Waals surface area contributed by atoms with Crippen molar-refractivity contribution in [3.63, 3.8) is 0 Å². The summed E-state index contributed by atoms with van der Waals surface area (Å²) >= 11 is 0. The van der Waals surface area contributed by atoms with Gasteiger partial charge in [0.25, 0.3) is 0 Å². The molecule has 6 heterocycles. The Balaban J connectivity index is 0.00000267. The van der Waals surface area contributed by atoms with Crippen molar-refractivity contribution in [1.82, 2.24) is 29.4 Å². The highest BCUT2D eigenvalue weighted by atomic mass is 16.1. The average molecular weight is 471 g/mol. The summed E-state index contributed by atoms with van der Waals surface area (Å²) in [5, 5.41) is 5.60. The van der Waals surface area contributed by atoms with E-state index < -0.39 is 0 Å². The number of aromatic amines is 1. The molecule has 2 aliphatic rings. The number of hydrogen-bond acceptors (Lipinski definition) is 5. The van der Waals surface area contributed by atoms with Gasteiger partial charge in [-0.1, -0.05) is 6.08 Å². The number of likely N-dealkylation sites (N-methyl/N-ethyl adjacent to an activating group) is 1. The van der Waals surface area contributed by atoms with Gasteiger partial charge >= 0.3 is 0 Å². The zero-order valence-corrected chi connectivity index (χ0v) is 20.5. The van der Waals surface area contributed by atoms with Crippen molar-refractivity contribution >= 4 is 27.9 Å². The number of fused-ring (bicyclic) bond motifs is 2. The number of nitrogens with one attached hydrogen (secondary N) is 1. The SMILES string of the molecule is CN1CC=C(c2cnc3[nH]cc(-c4ccn5ncc(C(=O)C6CCCN(C)CC6)c5c4)c3c2)CC1.[HH]. The van der Waals surface area contributed by atoms with Crippen molar-refractivity contribution in [2.45, 2.75) is 25.7 Å². The Morgan fingerprint density at radius 3 is 2.86 bits per heavy atom. The number of rotatable bonds is 4. The van der Waals surface area contributed by atoms with E-state index in [2.05, 4.69) is 58.3 Å². The van der Waals surface area contributed by atoms with E-state index in [1.807, 2.05) is 23.1 Å². The molecule has 4 aromatic heterocycles. The largest absolute Gasteiger partial charge is 0.346 e. The lowest BCUT2D eigenvalue weighted by Gasteiger charge is -2.22. The Labute approximate surface area is 206 Å². The molecule has 7 nitrogen and oxygen atoms in total. The van der Waals surface area contributed by atoms with Crippen molar-refractivity contribution in [2.75, 3.05) is 40.3 Å². The van der Waals surface area contributed by atoms with Crippen LogP contribution in [0.2, 0.25) is 0 Å². The number of carbonyl (C=O) groups is 1. The van der Waals surface area contributed by atoms with Crippen LogP contribution in [0.3, 0.4) is 0 Å². The zero-order chi connectivity index (χ0) is 23.9. The molecule has 0 bridgehead atoms. The van der Waals surface area contributed by atoms with E-state index in [1.165, 1.54) is 11.1 Å². The Kier molecular flexibility index (Phi) is 5.74. The second kappa shape index (κ2) is 9.06. The van der Waals surface area contributed by atoms with Gasteiger partial charge in [-0.25, -0.2) is 9.50 Å². The molecule has 4 aromatic rings. The summed E-state index contributed by atoms with van der Waals surface area (Å²) in [6.45, 7) is 4.07. The van der Waals surface area contributed by atoms with Crippen LogP contribution in [0.1, 0.15) is 43.0 Å². The van der Waals surface area contributed by atoms with Gasteiger partial charge in [-0.3, -0.25) is 4.79 Å². The third-order valence-electron chi connectivity index (χ3n) is 7.73. The van der Waals surface area contributed by atoms with Crippen LogP contribution in [-0.2, 0) is 0 Å². The summed E-state index contributed by atoms with van der Waals surface area (Å²) in [5.74, 6) is 0.295. The maximum absolute atomic E-state index is 13.5. The molecule has 1 atom stereocenters. The molecule has 1 fully saturated rings. The van der Waals surface area contributed by atoms with Gasteiger partial charge in [-0.2, -0.15) is 5.10 Å². The third kappa shape index (κ3) is 4.19. The number of Topliss-reactive ketones (excluding diaryl/α,β-unsaturated/α-hetero) is 1. The molecule has 0 amide bonds. The van der Waals surface area contributed by atoms with Gasteiger partial charge in [0.05, 0.1) is 17.3 Å². The Morgan fingerprint density at radius 2 is 2.00 bits per heavy atom. The number of H-pyrrole nitrogens is 1. The molecule has 0 aromatic carbocycles. The van der Waals surface area contributed by atoms with E-state index in [-0.39, 0.29) is 13.1 Å². The van der Waals surface area contributed by atoms with Crippen LogP contribution in [0.25, 0.3) is 33.3 Å². The highest BCUT2D eigenvalue weighted by Gasteiger charge is 2.25. The highest BCUT2D eigenvalue weighted by molar-refractivity contribution is 6.04. The first-order valence-corrected chi connectivity index (χ1v) is 12.6. The van der Waals surface area contributed by atoms with Gasteiger partial charge in [-0.15, -0.1) is 0 Å². The minimum Gasteiger partial charge on any atom is -0.346 e. The number of aromatic nitrogens is 4. The molecule has 0 aliphatic carbocycles. The van der Waals surface area contributed by atoms with E-state index in [9.17, 15) is 4.79 Å². The predicted octanol–water partition coefficient (Wildman–Crippen LogP) is 4.76. The fraction of sp³-hybridized carbons (Fsp3) is 0.393. The lowest BCUT2D eigenvalue weighted by molar-refractivity contribution is 0.0910. The van der Waals surface area contributed by atoms with Gasteiger partial charge in [0.1, 0.15) is 5.65 Å². The first-order valence-electron chi connectivity index (χ1n) is 12.6. The molecule has 0 radical (unpaired) electrons. The van der Waals surface area contributed by atoms with Crippen molar-refractivity contribution in [3.8, 4) is 11.1 Å². The normalized spacial score (nSPS) is 20.3. The summed E-state index contributed by atoms with van der Waals surface area (Å²) in [6.07, 6.45) is 14.0. The second-order valence-corrected chi connectivity index (χ2v) is 10.2. The molecule has 2 aliphatic heterocycles. The summed E-state index contributed by atoms with van der Waals surface area (Å²) in [6, 6.07) is 6.42. The smallest absolute Gasteiger partial charge is 0.169 e. The predicted molar refractivity (Wildman–Crippen MR) is 142 cm³/mol. The van der Waals surface area contributed by atoms with Crippen molar-refractivity contribution in [1.29, 1.82) is 0 Å². The molecule has 35 heavy (non-hydrogen) atoms. The Bertz CT molecular complexity index is 1440. The number of likely N-dealkylation sites (tertiary alicyclic amines) is 1. The molecule has 182 valence electrons. The van der Waals surface area contributed by atoms with Crippen LogP contribution in [-0.4, -0.2) is 75.4 Å². The quantitative estimate of drug-likeness (QED) is 0.436. The lowest BCUT2D eigenvalue weighted by Crippen LogP contribution is -2.23. The summed E-state index contributed by atoms with van der Waals surface area (Å²) in [4.78, 5) is 26.2. The number of pyridine rings is 2. The first-order chi connectivity index (χ1) is 17.1. The number of carbonyl (C=O) groups excluding carboxylic acids is 1. The number of hydrogen-bond donors (Lipinski definition) is 1. The third-order valence-corrected chi connectivity index (χ3v) is 7.73. The maximum Gasteiger partial charge on any atom is 0.169 e. The maximum atomic E-state index is 13.5. The van der Waals surface area contributed by atoms with Crippen LogP contribution in [0, 0.1) is 5.92 Å². The topological polar surface area (TPSA) is 69.5 Å². The van der Waals surface area contributed by atoms with Gasteiger partial charge < -0.3 is 14.8 Å². The van der Waals surface area contributed by atoms with Gasteiger partial charge in [0.15, 0.2) is 5.78 Å². The van der Waals surface area contributed by atoms with Crippen LogP contribution < -0.4 is 0 Å². The molecule has 7 heteroatoms. The molecular formula is C28H34N6O. The molecular weight excluding hydrogens is 436 g/mol. The van der Waals surface area contributed by atoms with E-state index in [0.717, 1.165) is 85.1 Å². The van der Waals surface area contributed by atoms with Crippen LogP contribution in [0.5, 0.6) is 0 Å². The summed E-state index contributed by atoms with van der Waals surface area (Å²) < 4.78 is 1.82. The summed E-state index contributed by atoms with van der Waals surface area (Å²) in [5.41, 5.74) is 7.20. The number of ketones is 1. The Morgan fingerprint density at radius 1 is 1.09 bits per heavy atom. The average Bonchev–Trinajstić information content (AvgIpc) is 3.43. The minimum absolute atomic E-state index is 0. The fourth-order valence-corrected chi connectivity index (χ4v) is 5.51. The molecule has 1 N–H and O–H groups in total. The van der Waals surface area contributed by atoms with Gasteiger partial charge in [0.2, 0.25) is 0 Å². The van der Waals surface area contributed by atoms with Gasteiger partial charge in [-0.05, 0) is 87.8 Å². The molecule has 6 rings (SSSR count). The monoisotopic (exact) mass is 470 g/mol. The molecule has 1 unspecified atom stereocenters. The number of nitrogens with zero attached hydrogens (tertiary/aromatic N) is 5. The minimum atomic E-state index is 0. The molecule has 0 saturated carbocycles. The van der Waals surface area contributed by atoms with Gasteiger partial charge in [0, 0.05) is 50.0 Å². The van der Waals surface area contributed by atoms with Crippen molar-refractivity contribution < 1.29 is 6.22 Å². The van der Waals surface area contributed by atoms with Crippen molar-refractivity contribution in [3.05, 3.63) is 60.2 Å². The molecule has 1 saturated heterocycles. The van der Waals surface area contributed by atoms with Crippen LogP contribution >= 0.6 is 0 Å². The van der Waals surface area contributed by atoms with Crippen LogP contribution in [0.4, 0.5) is 0 Å². The summed E-state index contributed by atoms with van der Waals surface area (Å²) in [7, 11) is 4.29. The van der Waals surface area contributed by atoms with Crippen LogP contribution in [0.15, 0.2) is 49.1 Å². The van der Waals surface area contributed by atoms with E-state index >= 15 is 0 Å². The molecule has 0 spiro atoms. The fourth-order valence-electron chi connectivity index (χ4n) is 5.51. The van der Waals surface area contributed by atoms with E-state index in [1.54, 1.807) is 6.20 Å². The van der Waals surface area contributed by atoms with E-state index in [0.29, 0.717) is 0 Å². The lowest BCUT2D eigenvalue weighted by atomic mass is 9.91. The Hall–Kier alpha value is -3.29. The van der Waals surface area contributed by atoms with Crippen molar-refractivity contribution in [2.24, 2.45) is 5.92 Å².